The second-order valence-electron chi connectivity index (χ2n) is 5.18. The van der Waals surface area contributed by atoms with E-state index in [4.69, 9.17) is 11.6 Å². The summed E-state index contributed by atoms with van der Waals surface area (Å²) in [5.74, 6) is 7.35. The van der Waals surface area contributed by atoms with Gasteiger partial charge in [0.2, 0.25) is 0 Å². The van der Waals surface area contributed by atoms with Crippen molar-refractivity contribution >= 4 is 21.7 Å². The molecule has 3 rings (SSSR count). The maximum absolute atomic E-state index is 13.2. The molecule has 0 atom stereocenters. The second-order valence-corrected chi connectivity index (χ2v) is 6.03. The molecule has 1 fully saturated rings. The first kappa shape index (κ1) is 13.4. The van der Waals surface area contributed by atoms with Crippen molar-refractivity contribution in [3.8, 4) is 11.3 Å². The third-order valence-electron chi connectivity index (χ3n) is 3.88. The summed E-state index contributed by atoms with van der Waals surface area (Å²) in [6.07, 6.45) is 4.59. The van der Waals surface area contributed by atoms with E-state index in [-0.39, 0.29) is 5.82 Å². The van der Waals surface area contributed by atoms with Crippen LogP contribution in [0.1, 0.15) is 37.4 Å². The standard InChI is InChI=1S/C14H16BrFN4/c15-11-7-9(16)5-6-10(11)12-13(17)20(18)14(19-12)8-3-1-2-4-8/h5-8H,1-4,17-18H2. The summed E-state index contributed by atoms with van der Waals surface area (Å²) in [7, 11) is 0. The predicted molar refractivity (Wildman–Crippen MR) is 81.1 cm³/mol. The molecule has 1 heterocycles. The first-order chi connectivity index (χ1) is 9.58. The highest BCUT2D eigenvalue weighted by Gasteiger charge is 2.25. The van der Waals surface area contributed by atoms with Gasteiger partial charge in [-0.3, -0.25) is 0 Å². The maximum Gasteiger partial charge on any atom is 0.150 e. The summed E-state index contributed by atoms with van der Waals surface area (Å²) in [6, 6.07) is 4.46. The number of rotatable bonds is 2. The molecule has 1 aromatic heterocycles. The second kappa shape index (κ2) is 5.09. The molecule has 4 N–H and O–H groups in total. The molecule has 1 aliphatic carbocycles. The van der Waals surface area contributed by atoms with E-state index in [1.165, 1.54) is 29.7 Å². The zero-order chi connectivity index (χ0) is 14.3. The first-order valence-electron chi connectivity index (χ1n) is 6.66. The fourth-order valence-corrected chi connectivity index (χ4v) is 3.35. The van der Waals surface area contributed by atoms with Crippen LogP contribution >= 0.6 is 15.9 Å². The monoisotopic (exact) mass is 338 g/mol. The number of hydrogen-bond donors (Lipinski definition) is 2. The molecular weight excluding hydrogens is 323 g/mol. The minimum Gasteiger partial charge on any atom is -0.382 e. The Hall–Kier alpha value is -1.56. The van der Waals surface area contributed by atoms with E-state index < -0.39 is 0 Å². The molecule has 1 saturated carbocycles. The molecule has 2 aromatic rings. The summed E-state index contributed by atoms with van der Waals surface area (Å²) >= 11 is 3.35. The van der Waals surface area contributed by atoms with E-state index in [9.17, 15) is 4.39 Å². The average Bonchev–Trinajstić information content (AvgIpc) is 3.01. The lowest BCUT2D eigenvalue weighted by Crippen LogP contribution is -2.17. The molecule has 4 nitrogen and oxygen atoms in total. The van der Waals surface area contributed by atoms with Gasteiger partial charge in [0.15, 0.2) is 5.82 Å². The molecule has 0 amide bonds. The van der Waals surface area contributed by atoms with Crippen molar-refractivity contribution in [3.63, 3.8) is 0 Å². The van der Waals surface area contributed by atoms with E-state index in [0.717, 1.165) is 24.2 Å². The first-order valence-corrected chi connectivity index (χ1v) is 7.46. The summed E-state index contributed by atoms with van der Waals surface area (Å²) < 4.78 is 15.3. The molecule has 0 unspecified atom stereocenters. The number of benzene rings is 1. The van der Waals surface area contributed by atoms with Gasteiger partial charge in [-0.05, 0) is 47.0 Å². The van der Waals surface area contributed by atoms with Crippen LogP contribution in [0, 0.1) is 5.82 Å². The Morgan fingerprint density at radius 1 is 1.30 bits per heavy atom. The van der Waals surface area contributed by atoms with Gasteiger partial charge in [-0.15, -0.1) is 0 Å². The van der Waals surface area contributed by atoms with Gasteiger partial charge in [0.1, 0.15) is 17.3 Å². The summed E-state index contributed by atoms with van der Waals surface area (Å²) in [5.41, 5.74) is 7.44. The van der Waals surface area contributed by atoms with E-state index in [1.54, 1.807) is 6.07 Å². The van der Waals surface area contributed by atoms with Gasteiger partial charge in [0.25, 0.3) is 0 Å². The Morgan fingerprint density at radius 2 is 2.00 bits per heavy atom. The van der Waals surface area contributed by atoms with Gasteiger partial charge in [-0.25, -0.2) is 14.1 Å². The molecular formula is C14H16BrFN4. The van der Waals surface area contributed by atoms with Gasteiger partial charge in [-0.1, -0.05) is 12.8 Å². The largest absolute Gasteiger partial charge is 0.382 e. The van der Waals surface area contributed by atoms with Crippen molar-refractivity contribution in [3.05, 3.63) is 34.3 Å². The minimum atomic E-state index is -0.303. The Morgan fingerprint density at radius 3 is 2.65 bits per heavy atom. The predicted octanol–water partition coefficient (Wildman–Crippen LogP) is 3.41. The molecule has 0 aliphatic heterocycles. The number of nitrogen functional groups attached to an aromatic ring is 2. The molecule has 6 heteroatoms. The summed E-state index contributed by atoms with van der Waals surface area (Å²) in [4.78, 5) is 4.61. The fourth-order valence-electron chi connectivity index (χ4n) is 2.81. The van der Waals surface area contributed by atoms with Crippen LogP contribution in [-0.4, -0.2) is 9.66 Å². The van der Waals surface area contributed by atoms with Crippen LogP contribution in [0.5, 0.6) is 0 Å². The lowest BCUT2D eigenvalue weighted by molar-refractivity contribution is 0.627. The van der Waals surface area contributed by atoms with Crippen molar-refractivity contribution < 1.29 is 4.39 Å². The number of nitrogens with zero attached hydrogens (tertiary/aromatic N) is 2. The van der Waals surface area contributed by atoms with Crippen LogP contribution in [0.3, 0.4) is 0 Å². The van der Waals surface area contributed by atoms with E-state index in [0.29, 0.717) is 21.9 Å². The van der Waals surface area contributed by atoms with Gasteiger partial charge in [0.05, 0.1) is 0 Å². The zero-order valence-electron chi connectivity index (χ0n) is 10.9. The van der Waals surface area contributed by atoms with Crippen molar-refractivity contribution in [2.75, 3.05) is 11.6 Å². The van der Waals surface area contributed by atoms with Gasteiger partial charge >= 0.3 is 0 Å². The average molecular weight is 339 g/mol. The van der Waals surface area contributed by atoms with Crippen LogP contribution in [0.25, 0.3) is 11.3 Å². The molecule has 0 spiro atoms. The highest BCUT2D eigenvalue weighted by Crippen LogP contribution is 2.38. The number of halogens is 2. The van der Waals surface area contributed by atoms with Gasteiger partial charge in [-0.2, -0.15) is 0 Å². The molecule has 1 aliphatic rings. The minimum absolute atomic E-state index is 0.303. The summed E-state index contributed by atoms with van der Waals surface area (Å²) in [6.45, 7) is 0. The van der Waals surface area contributed by atoms with Crippen molar-refractivity contribution in [1.29, 1.82) is 0 Å². The number of anilines is 1. The number of imidazole rings is 1. The zero-order valence-corrected chi connectivity index (χ0v) is 12.5. The third-order valence-corrected chi connectivity index (χ3v) is 4.54. The van der Waals surface area contributed by atoms with Crippen molar-refractivity contribution in [1.82, 2.24) is 9.66 Å². The maximum atomic E-state index is 13.2. The Bertz CT molecular complexity index is 647. The smallest absolute Gasteiger partial charge is 0.150 e. The highest BCUT2D eigenvalue weighted by molar-refractivity contribution is 9.10. The van der Waals surface area contributed by atoms with Crippen LogP contribution in [0.4, 0.5) is 10.2 Å². The topological polar surface area (TPSA) is 69.9 Å². The van der Waals surface area contributed by atoms with Gasteiger partial charge < -0.3 is 11.6 Å². The van der Waals surface area contributed by atoms with E-state index in [1.807, 2.05) is 0 Å². The Labute approximate surface area is 125 Å². The number of nitrogens with two attached hydrogens (primary N) is 2. The lowest BCUT2D eigenvalue weighted by Gasteiger charge is -2.08. The van der Waals surface area contributed by atoms with Crippen LogP contribution < -0.4 is 11.6 Å². The highest BCUT2D eigenvalue weighted by atomic mass is 79.9. The van der Waals surface area contributed by atoms with Crippen LogP contribution in [0.15, 0.2) is 22.7 Å². The lowest BCUT2D eigenvalue weighted by atomic mass is 10.1. The van der Waals surface area contributed by atoms with Crippen LogP contribution in [-0.2, 0) is 0 Å². The molecule has 0 radical (unpaired) electrons. The Balaban J connectivity index is 2.07. The normalized spacial score (nSPS) is 15.9. The van der Waals surface area contributed by atoms with E-state index >= 15 is 0 Å². The van der Waals surface area contributed by atoms with Crippen molar-refractivity contribution in [2.24, 2.45) is 0 Å². The van der Waals surface area contributed by atoms with Crippen molar-refractivity contribution in [2.45, 2.75) is 31.6 Å². The molecule has 20 heavy (non-hydrogen) atoms. The molecule has 106 valence electrons. The quantitative estimate of drug-likeness (QED) is 0.824. The molecule has 1 aromatic carbocycles. The molecule has 0 saturated heterocycles. The Kier molecular flexibility index (Phi) is 3.41. The van der Waals surface area contributed by atoms with E-state index in [2.05, 4.69) is 20.9 Å². The SMILES string of the molecule is Nc1c(-c2ccc(F)cc2Br)nc(C2CCCC2)n1N. The van der Waals surface area contributed by atoms with Crippen LogP contribution in [0.2, 0.25) is 0 Å². The molecule has 0 bridgehead atoms. The third kappa shape index (κ3) is 2.18. The fraction of sp³-hybridized carbons (Fsp3) is 0.357. The summed E-state index contributed by atoms with van der Waals surface area (Å²) in [5, 5.41) is 0. The number of hydrogen-bond acceptors (Lipinski definition) is 3. The number of aromatic nitrogens is 2. The van der Waals surface area contributed by atoms with Gasteiger partial charge in [0, 0.05) is 16.0 Å².